The van der Waals surface area contributed by atoms with Gasteiger partial charge in [0.15, 0.2) is 0 Å². The fourth-order valence-electron chi connectivity index (χ4n) is 2.57. The lowest BCUT2D eigenvalue weighted by molar-refractivity contribution is -0.384. The van der Waals surface area contributed by atoms with E-state index in [0.717, 1.165) is 24.0 Å². The highest BCUT2D eigenvalue weighted by Crippen LogP contribution is 2.23. The maximum Gasteiger partial charge on any atom is 0.269 e. The minimum atomic E-state index is -0.379. The lowest BCUT2D eigenvalue weighted by Gasteiger charge is -2.05. The van der Waals surface area contributed by atoms with Gasteiger partial charge in [0, 0.05) is 12.1 Å². The molecule has 3 nitrogen and oxygen atoms in total. The van der Waals surface area contributed by atoms with Crippen LogP contribution in [0.2, 0.25) is 0 Å². The van der Waals surface area contributed by atoms with E-state index in [2.05, 4.69) is 48.5 Å². The van der Waals surface area contributed by atoms with Crippen LogP contribution in [0.5, 0.6) is 0 Å². The number of hydrogen-bond donors (Lipinski definition) is 0. The zero-order chi connectivity index (χ0) is 16.1. The standard InChI is InChI=1S/C20H17NO2/c22-21(23)20-14-12-19(13-15-20)18-10-8-17(9-11-18)7-6-16-4-2-1-3-5-16/h1-5,8-15H,6-7H2. The van der Waals surface area contributed by atoms with Crippen molar-refractivity contribution in [1.82, 2.24) is 0 Å². The minimum Gasteiger partial charge on any atom is -0.258 e. The molecule has 0 unspecified atom stereocenters. The molecule has 3 aromatic carbocycles. The molecule has 23 heavy (non-hydrogen) atoms. The Balaban J connectivity index is 1.68. The smallest absolute Gasteiger partial charge is 0.258 e. The third-order valence-electron chi connectivity index (χ3n) is 3.91. The van der Waals surface area contributed by atoms with Crippen LogP contribution in [-0.4, -0.2) is 4.92 Å². The highest BCUT2D eigenvalue weighted by Gasteiger charge is 2.05. The second-order valence-electron chi connectivity index (χ2n) is 5.49. The second kappa shape index (κ2) is 6.88. The van der Waals surface area contributed by atoms with Crippen LogP contribution in [-0.2, 0) is 12.8 Å². The molecule has 0 heterocycles. The lowest BCUT2D eigenvalue weighted by atomic mass is 10.0. The number of non-ortho nitro benzene ring substituents is 1. The molecule has 0 spiro atoms. The highest BCUT2D eigenvalue weighted by atomic mass is 16.6. The number of nitrogens with zero attached hydrogens (tertiary/aromatic N) is 1. The van der Waals surface area contributed by atoms with Crippen molar-refractivity contribution in [2.24, 2.45) is 0 Å². The first-order valence-electron chi connectivity index (χ1n) is 7.60. The fourth-order valence-corrected chi connectivity index (χ4v) is 2.57. The van der Waals surface area contributed by atoms with E-state index in [0.29, 0.717) is 0 Å². The number of hydrogen-bond acceptors (Lipinski definition) is 2. The van der Waals surface area contributed by atoms with Crippen LogP contribution < -0.4 is 0 Å². The van der Waals surface area contributed by atoms with Crippen LogP contribution in [0.1, 0.15) is 11.1 Å². The molecule has 0 aromatic heterocycles. The average molecular weight is 303 g/mol. The van der Waals surface area contributed by atoms with E-state index >= 15 is 0 Å². The Morgan fingerprint density at radius 1 is 0.652 bits per heavy atom. The van der Waals surface area contributed by atoms with Gasteiger partial charge in [-0.15, -0.1) is 0 Å². The Bertz CT molecular complexity index is 778. The molecular weight excluding hydrogens is 286 g/mol. The highest BCUT2D eigenvalue weighted by molar-refractivity contribution is 5.65. The lowest BCUT2D eigenvalue weighted by Crippen LogP contribution is -1.91. The second-order valence-corrected chi connectivity index (χ2v) is 5.49. The topological polar surface area (TPSA) is 43.1 Å². The molecule has 0 saturated carbocycles. The third kappa shape index (κ3) is 3.83. The Morgan fingerprint density at radius 2 is 1.13 bits per heavy atom. The van der Waals surface area contributed by atoms with Gasteiger partial charge in [-0.3, -0.25) is 10.1 Å². The molecule has 0 radical (unpaired) electrons. The van der Waals surface area contributed by atoms with Gasteiger partial charge in [0.2, 0.25) is 0 Å². The summed E-state index contributed by atoms with van der Waals surface area (Å²) in [5, 5.41) is 10.7. The molecule has 0 aliphatic carbocycles. The van der Waals surface area contributed by atoms with Crippen molar-refractivity contribution in [3.63, 3.8) is 0 Å². The first-order valence-corrected chi connectivity index (χ1v) is 7.60. The van der Waals surface area contributed by atoms with Gasteiger partial charge < -0.3 is 0 Å². The summed E-state index contributed by atoms with van der Waals surface area (Å²) in [6.07, 6.45) is 2.03. The zero-order valence-electron chi connectivity index (χ0n) is 12.7. The average Bonchev–Trinajstić information content (AvgIpc) is 2.61. The summed E-state index contributed by atoms with van der Waals surface area (Å²) < 4.78 is 0. The summed E-state index contributed by atoms with van der Waals surface area (Å²) in [6, 6.07) is 25.5. The van der Waals surface area contributed by atoms with Crippen molar-refractivity contribution in [2.75, 3.05) is 0 Å². The van der Waals surface area contributed by atoms with E-state index in [-0.39, 0.29) is 10.6 Å². The van der Waals surface area contributed by atoms with Gasteiger partial charge in [0.1, 0.15) is 0 Å². The van der Waals surface area contributed by atoms with Gasteiger partial charge in [-0.25, -0.2) is 0 Å². The van der Waals surface area contributed by atoms with Gasteiger partial charge in [-0.2, -0.15) is 0 Å². The van der Waals surface area contributed by atoms with E-state index in [1.807, 2.05) is 6.07 Å². The van der Waals surface area contributed by atoms with Crippen LogP contribution in [0.3, 0.4) is 0 Å². The molecule has 114 valence electrons. The molecule has 3 heteroatoms. The fraction of sp³-hybridized carbons (Fsp3) is 0.100. The van der Waals surface area contributed by atoms with Crippen molar-refractivity contribution in [1.29, 1.82) is 0 Å². The van der Waals surface area contributed by atoms with Crippen LogP contribution >= 0.6 is 0 Å². The van der Waals surface area contributed by atoms with Gasteiger partial charge in [-0.1, -0.05) is 54.6 Å². The SMILES string of the molecule is O=[N+]([O-])c1ccc(-c2ccc(CCc3ccccc3)cc2)cc1. The first kappa shape index (κ1) is 15.0. The van der Waals surface area contributed by atoms with Crippen LogP contribution in [0.25, 0.3) is 11.1 Å². The number of rotatable bonds is 5. The van der Waals surface area contributed by atoms with E-state index in [9.17, 15) is 10.1 Å². The summed E-state index contributed by atoms with van der Waals surface area (Å²) in [6.45, 7) is 0. The van der Waals surface area contributed by atoms with Crippen LogP contribution in [0.15, 0.2) is 78.9 Å². The summed E-state index contributed by atoms with van der Waals surface area (Å²) in [5.74, 6) is 0. The quantitative estimate of drug-likeness (QED) is 0.489. The molecule has 0 bridgehead atoms. The molecule has 0 amide bonds. The van der Waals surface area contributed by atoms with E-state index < -0.39 is 0 Å². The third-order valence-corrected chi connectivity index (χ3v) is 3.91. The number of nitro groups is 1. The van der Waals surface area contributed by atoms with Crippen LogP contribution in [0.4, 0.5) is 5.69 Å². The van der Waals surface area contributed by atoms with E-state index in [1.165, 1.54) is 11.1 Å². The molecule has 0 aliphatic rings. The van der Waals surface area contributed by atoms with Crippen molar-refractivity contribution >= 4 is 5.69 Å². The van der Waals surface area contributed by atoms with Gasteiger partial charge in [0.05, 0.1) is 4.92 Å². The summed E-state index contributed by atoms with van der Waals surface area (Å²) in [7, 11) is 0. The Kier molecular flexibility index (Phi) is 4.48. The summed E-state index contributed by atoms with van der Waals surface area (Å²) >= 11 is 0. The molecule has 0 N–H and O–H groups in total. The molecule has 3 rings (SSSR count). The molecule has 3 aromatic rings. The predicted molar refractivity (Wildman–Crippen MR) is 92.4 cm³/mol. The summed E-state index contributed by atoms with van der Waals surface area (Å²) in [4.78, 5) is 10.3. The number of aryl methyl sites for hydroxylation is 2. The van der Waals surface area contributed by atoms with E-state index in [4.69, 9.17) is 0 Å². The van der Waals surface area contributed by atoms with E-state index in [1.54, 1.807) is 24.3 Å². The zero-order valence-corrected chi connectivity index (χ0v) is 12.7. The summed E-state index contributed by atoms with van der Waals surface area (Å²) in [5.41, 5.74) is 4.81. The molecule has 0 aliphatic heterocycles. The maximum absolute atomic E-state index is 10.7. The van der Waals surface area contributed by atoms with Gasteiger partial charge in [-0.05, 0) is 47.2 Å². The van der Waals surface area contributed by atoms with Gasteiger partial charge >= 0.3 is 0 Å². The monoisotopic (exact) mass is 303 g/mol. The predicted octanol–water partition coefficient (Wildman–Crippen LogP) is 5.05. The Hall–Kier alpha value is -2.94. The minimum absolute atomic E-state index is 0.119. The molecule has 0 saturated heterocycles. The molecule has 0 fully saturated rings. The van der Waals surface area contributed by atoms with Crippen molar-refractivity contribution in [2.45, 2.75) is 12.8 Å². The van der Waals surface area contributed by atoms with Crippen molar-refractivity contribution in [3.05, 3.63) is 100 Å². The van der Waals surface area contributed by atoms with Crippen molar-refractivity contribution < 1.29 is 4.92 Å². The number of nitro benzene ring substituents is 1. The Labute approximate surface area is 135 Å². The van der Waals surface area contributed by atoms with Gasteiger partial charge in [0.25, 0.3) is 5.69 Å². The van der Waals surface area contributed by atoms with Crippen molar-refractivity contribution in [3.8, 4) is 11.1 Å². The first-order chi connectivity index (χ1) is 11.2. The molecule has 0 atom stereocenters. The number of benzene rings is 3. The van der Waals surface area contributed by atoms with Crippen LogP contribution in [0, 0.1) is 10.1 Å². The Morgan fingerprint density at radius 3 is 1.65 bits per heavy atom. The maximum atomic E-state index is 10.7. The molecular formula is C20H17NO2. The normalized spacial score (nSPS) is 10.4. The largest absolute Gasteiger partial charge is 0.269 e.